The molecule has 2 rings (SSSR count). The minimum atomic E-state index is 0.270. The number of hydrogen-bond acceptors (Lipinski definition) is 2. The van der Waals surface area contributed by atoms with Gasteiger partial charge in [0.05, 0.1) is 0 Å². The van der Waals surface area contributed by atoms with E-state index in [9.17, 15) is 5.11 Å². The number of nitrogens with zero attached hydrogens (tertiary/aromatic N) is 1. The van der Waals surface area contributed by atoms with Crippen LogP contribution >= 0.6 is 0 Å². The Labute approximate surface area is 83.2 Å². The normalized spacial score (nSPS) is 11.1. The summed E-state index contributed by atoms with van der Waals surface area (Å²) in [6.07, 6.45) is 1.69. The third kappa shape index (κ3) is 1.43. The van der Waals surface area contributed by atoms with E-state index >= 15 is 0 Å². The van der Waals surface area contributed by atoms with Crippen LogP contribution in [0.5, 0.6) is 5.75 Å². The van der Waals surface area contributed by atoms with E-state index in [-0.39, 0.29) is 5.75 Å². The predicted molar refractivity (Wildman–Crippen MR) is 57.5 cm³/mol. The van der Waals surface area contributed by atoms with Crippen molar-refractivity contribution in [2.75, 3.05) is 0 Å². The van der Waals surface area contributed by atoms with Crippen molar-refractivity contribution in [3.63, 3.8) is 0 Å². The number of aromatic hydroxyl groups is 1. The molecule has 1 aromatic carbocycles. The maximum absolute atomic E-state index is 9.74. The van der Waals surface area contributed by atoms with Gasteiger partial charge in [0.25, 0.3) is 0 Å². The topological polar surface area (TPSA) is 33.1 Å². The van der Waals surface area contributed by atoms with Crippen molar-refractivity contribution in [1.29, 1.82) is 0 Å². The molecule has 0 aliphatic carbocycles. The molecule has 0 amide bonds. The molecule has 2 heteroatoms. The van der Waals surface area contributed by atoms with Gasteiger partial charge in [-0.1, -0.05) is 19.9 Å². The van der Waals surface area contributed by atoms with Gasteiger partial charge in [-0.2, -0.15) is 0 Å². The Balaban J connectivity index is 2.72. The first-order valence-electron chi connectivity index (χ1n) is 4.76. The zero-order valence-electron chi connectivity index (χ0n) is 8.36. The highest BCUT2D eigenvalue weighted by atomic mass is 16.3. The van der Waals surface area contributed by atoms with Crippen molar-refractivity contribution in [2.45, 2.75) is 19.8 Å². The van der Waals surface area contributed by atoms with E-state index in [4.69, 9.17) is 0 Å². The van der Waals surface area contributed by atoms with Crippen molar-refractivity contribution >= 4 is 10.9 Å². The third-order valence-corrected chi connectivity index (χ3v) is 2.37. The number of benzene rings is 1. The summed E-state index contributed by atoms with van der Waals surface area (Å²) < 4.78 is 0. The lowest BCUT2D eigenvalue weighted by Crippen LogP contribution is -1.88. The van der Waals surface area contributed by atoms with E-state index < -0.39 is 0 Å². The first-order chi connectivity index (χ1) is 6.68. The molecule has 1 aromatic heterocycles. The maximum Gasteiger partial charge on any atom is 0.142 e. The minimum absolute atomic E-state index is 0.270. The monoisotopic (exact) mass is 187 g/mol. The third-order valence-electron chi connectivity index (χ3n) is 2.37. The van der Waals surface area contributed by atoms with Crippen LogP contribution in [0.25, 0.3) is 10.9 Å². The number of pyridine rings is 1. The quantitative estimate of drug-likeness (QED) is 0.744. The maximum atomic E-state index is 9.74. The van der Waals surface area contributed by atoms with E-state index in [1.54, 1.807) is 12.3 Å². The van der Waals surface area contributed by atoms with Gasteiger partial charge in [-0.25, -0.2) is 0 Å². The summed E-state index contributed by atoms with van der Waals surface area (Å²) in [5, 5.41) is 10.7. The minimum Gasteiger partial charge on any atom is -0.506 e. The van der Waals surface area contributed by atoms with Gasteiger partial charge in [-0.05, 0) is 29.7 Å². The van der Waals surface area contributed by atoms with Crippen LogP contribution in [0.2, 0.25) is 0 Å². The van der Waals surface area contributed by atoms with Crippen molar-refractivity contribution in [2.24, 2.45) is 0 Å². The van der Waals surface area contributed by atoms with Gasteiger partial charge >= 0.3 is 0 Å². The Hall–Kier alpha value is -1.57. The molecular weight excluding hydrogens is 174 g/mol. The summed E-state index contributed by atoms with van der Waals surface area (Å²) in [4.78, 5) is 4.13. The Morgan fingerprint density at radius 1 is 1.29 bits per heavy atom. The molecule has 0 atom stereocenters. The average molecular weight is 187 g/mol. The number of phenolic OH excluding ortho intramolecular Hbond substituents is 1. The summed E-state index contributed by atoms with van der Waals surface area (Å²) in [5.74, 6) is 0.692. The van der Waals surface area contributed by atoms with Crippen LogP contribution in [0.3, 0.4) is 0 Å². The second-order valence-electron chi connectivity index (χ2n) is 3.77. The summed E-state index contributed by atoms with van der Waals surface area (Å²) in [5.41, 5.74) is 1.82. The molecule has 0 spiro atoms. The fraction of sp³-hybridized carbons (Fsp3) is 0.250. The molecule has 1 heterocycles. The van der Waals surface area contributed by atoms with Crippen LogP contribution in [0.4, 0.5) is 0 Å². The molecule has 1 N–H and O–H groups in total. The Morgan fingerprint density at radius 2 is 2.07 bits per heavy atom. The number of aromatic nitrogens is 1. The lowest BCUT2D eigenvalue weighted by atomic mass is 10.0. The Kier molecular flexibility index (Phi) is 2.12. The second kappa shape index (κ2) is 3.29. The van der Waals surface area contributed by atoms with Crippen molar-refractivity contribution in [3.8, 4) is 5.75 Å². The molecule has 0 saturated carbocycles. The van der Waals surface area contributed by atoms with Crippen LogP contribution in [0, 0.1) is 0 Å². The highest BCUT2D eigenvalue weighted by Gasteiger charge is 2.05. The lowest BCUT2D eigenvalue weighted by molar-refractivity contribution is 0.479. The Morgan fingerprint density at radius 3 is 2.79 bits per heavy atom. The molecule has 14 heavy (non-hydrogen) atoms. The molecule has 72 valence electrons. The standard InChI is InChI=1S/C12H13NO/c1-8(2)10-6-9-4-3-5-13-12(9)11(14)7-10/h3-8,14H,1-2H3. The largest absolute Gasteiger partial charge is 0.506 e. The fourth-order valence-electron chi connectivity index (χ4n) is 1.53. The number of phenols is 1. The van der Waals surface area contributed by atoms with Gasteiger partial charge in [0, 0.05) is 11.6 Å². The van der Waals surface area contributed by atoms with Crippen molar-refractivity contribution in [1.82, 2.24) is 4.98 Å². The summed E-state index contributed by atoms with van der Waals surface area (Å²) in [6, 6.07) is 7.71. The number of rotatable bonds is 1. The van der Waals surface area contributed by atoms with Crippen LogP contribution in [-0.4, -0.2) is 10.1 Å². The second-order valence-corrected chi connectivity index (χ2v) is 3.77. The Bertz CT molecular complexity index is 463. The lowest BCUT2D eigenvalue weighted by Gasteiger charge is -2.07. The van der Waals surface area contributed by atoms with Crippen LogP contribution in [0.1, 0.15) is 25.3 Å². The van der Waals surface area contributed by atoms with Gasteiger partial charge in [-0.15, -0.1) is 0 Å². The van der Waals surface area contributed by atoms with E-state index in [0.717, 1.165) is 10.9 Å². The van der Waals surface area contributed by atoms with Crippen LogP contribution in [-0.2, 0) is 0 Å². The molecule has 0 radical (unpaired) electrons. The number of fused-ring (bicyclic) bond motifs is 1. The van der Waals surface area contributed by atoms with E-state index in [1.165, 1.54) is 0 Å². The smallest absolute Gasteiger partial charge is 0.142 e. The molecular formula is C12H13NO. The van der Waals surface area contributed by atoms with Crippen LogP contribution in [0.15, 0.2) is 30.5 Å². The van der Waals surface area contributed by atoms with Gasteiger partial charge in [0.1, 0.15) is 11.3 Å². The van der Waals surface area contributed by atoms with Crippen molar-refractivity contribution < 1.29 is 5.11 Å². The SMILES string of the molecule is CC(C)c1cc(O)c2ncccc2c1. The number of hydrogen-bond donors (Lipinski definition) is 1. The molecule has 0 saturated heterocycles. The molecule has 2 nitrogen and oxygen atoms in total. The summed E-state index contributed by atoms with van der Waals surface area (Å²) >= 11 is 0. The van der Waals surface area contributed by atoms with E-state index in [0.29, 0.717) is 11.4 Å². The van der Waals surface area contributed by atoms with Gasteiger partial charge in [0.15, 0.2) is 0 Å². The van der Waals surface area contributed by atoms with E-state index in [2.05, 4.69) is 24.9 Å². The molecule has 0 aliphatic heterocycles. The molecule has 2 aromatic rings. The predicted octanol–water partition coefficient (Wildman–Crippen LogP) is 3.06. The van der Waals surface area contributed by atoms with Crippen LogP contribution < -0.4 is 0 Å². The zero-order chi connectivity index (χ0) is 10.1. The van der Waals surface area contributed by atoms with Crippen molar-refractivity contribution in [3.05, 3.63) is 36.0 Å². The molecule has 0 fully saturated rings. The highest BCUT2D eigenvalue weighted by molar-refractivity contribution is 5.84. The van der Waals surface area contributed by atoms with Gasteiger partial charge in [0.2, 0.25) is 0 Å². The molecule has 0 unspecified atom stereocenters. The first kappa shape index (κ1) is 9.00. The summed E-state index contributed by atoms with van der Waals surface area (Å²) in [6.45, 7) is 4.22. The average Bonchev–Trinajstić information content (AvgIpc) is 2.17. The highest BCUT2D eigenvalue weighted by Crippen LogP contribution is 2.27. The molecule has 0 bridgehead atoms. The fourth-order valence-corrected chi connectivity index (χ4v) is 1.53. The zero-order valence-corrected chi connectivity index (χ0v) is 8.36. The van der Waals surface area contributed by atoms with E-state index in [1.807, 2.05) is 12.1 Å². The molecule has 0 aliphatic rings. The van der Waals surface area contributed by atoms with Gasteiger partial charge < -0.3 is 5.11 Å². The van der Waals surface area contributed by atoms with Gasteiger partial charge in [-0.3, -0.25) is 4.98 Å². The first-order valence-corrected chi connectivity index (χ1v) is 4.76. The summed E-state index contributed by atoms with van der Waals surface area (Å²) in [7, 11) is 0.